The molecular weight excluding hydrogens is 222 g/mol. The molecule has 0 fully saturated rings. The maximum Gasteiger partial charge on any atom is 0.188 e. The molecular formula is C11H13N3OS. The van der Waals surface area contributed by atoms with Gasteiger partial charge in [0.05, 0.1) is 17.7 Å². The van der Waals surface area contributed by atoms with E-state index < -0.39 is 0 Å². The zero-order valence-electron chi connectivity index (χ0n) is 9.01. The molecule has 4 nitrogen and oxygen atoms in total. The molecule has 2 aromatic rings. The van der Waals surface area contributed by atoms with Crippen LogP contribution in [0.25, 0.3) is 0 Å². The summed E-state index contributed by atoms with van der Waals surface area (Å²) < 4.78 is 5.24. The van der Waals surface area contributed by atoms with Crippen molar-refractivity contribution < 1.29 is 4.42 Å². The van der Waals surface area contributed by atoms with Crippen LogP contribution in [0.3, 0.4) is 0 Å². The van der Waals surface area contributed by atoms with Crippen LogP contribution in [0, 0.1) is 6.92 Å². The molecule has 0 aliphatic heterocycles. The molecule has 16 heavy (non-hydrogen) atoms. The fourth-order valence-electron chi connectivity index (χ4n) is 1.30. The van der Waals surface area contributed by atoms with Gasteiger partial charge in [-0.1, -0.05) is 11.8 Å². The van der Waals surface area contributed by atoms with Crippen LogP contribution in [0.5, 0.6) is 0 Å². The molecule has 0 aliphatic carbocycles. The first kappa shape index (κ1) is 11.2. The van der Waals surface area contributed by atoms with E-state index in [2.05, 4.69) is 9.97 Å². The van der Waals surface area contributed by atoms with Gasteiger partial charge >= 0.3 is 0 Å². The van der Waals surface area contributed by atoms with Crippen molar-refractivity contribution in [2.45, 2.75) is 24.4 Å². The molecule has 84 valence electrons. The lowest BCUT2D eigenvalue weighted by molar-refractivity contribution is 0.530. The normalized spacial score (nSPS) is 10.6. The van der Waals surface area contributed by atoms with Crippen molar-refractivity contribution in [2.24, 2.45) is 5.73 Å². The Kier molecular flexibility index (Phi) is 3.58. The molecule has 0 atom stereocenters. The highest BCUT2D eigenvalue weighted by Gasteiger charge is 2.03. The van der Waals surface area contributed by atoms with Gasteiger partial charge in [0.2, 0.25) is 0 Å². The van der Waals surface area contributed by atoms with E-state index in [1.54, 1.807) is 18.0 Å². The summed E-state index contributed by atoms with van der Waals surface area (Å²) >= 11 is 1.55. The largest absolute Gasteiger partial charge is 0.468 e. The van der Waals surface area contributed by atoms with E-state index in [9.17, 15) is 0 Å². The smallest absolute Gasteiger partial charge is 0.188 e. The molecule has 0 aliphatic rings. The number of rotatable bonds is 4. The first-order chi connectivity index (χ1) is 7.78. The summed E-state index contributed by atoms with van der Waals surface area (Å²) in [5.74, 6) is 1.66. The summed E-state index contributed by atoms with van der Waals surface area (Å²) in [5, 5.41) is 0.747. The lowest BCUT2D eigenvalue weighted by Gasteiger charge is -2.02. The predicted octanol–water partition coefficient (Wildman–Crippen LogP) is 2.13. The molecule has 2 N–H and O–H groups in total. The first-order valence-corrected chi connectivity index (χ1v) is 5.96. The summed E-state index contributed by atoms with van der Waals surface area (Å²) in [7, 11) is 0. The summed E-state index contributed by atoms with van der Waals surface area (Å²) in [6.07, 6.45) is 1.66. The average molecular weight is 235 g/mol. The third-order valence-electron chi connectivity index (χ3n) is 2.02. The van der Waals surface area contributed by atoms with Gasteiger partial charge in [0, 0.05) is 12.2 Å². The minimum atomic E-state index is 0.442. The Morgan fingerprint density at radius 1 is 1.44 bits per heavy atom. The second-order valence-corrected chi connectivity index (χ2v) is 4.30. The highest BCUT2D eigenvalue weighted by molar-refractivity contribution is 7.98. The van der Waals surface area contributed by atoms with Gasteiger partial charge in [-0.25, -0.2) is 9.97 Å². The van der Waals surface area contributed by atoms with Crippen molar-refractivity contribution in [3.05, 3.63) is 41.6 Å². The fraction of sp³-hybridized carbons (Fsp3) is 0.273. The molecule has 0 bridgehead atoms. The van der Waals surface area contributed by atoms with Crippen molar-refractivity contribution in [3.8, 4) is 0 Å². The van der Waals surface area contributed by atoms with Gasteiger partial charge in [0.25, 0.3) is 0 Å². The third-order valence-corrected chi connectivity index (χ3v) is 2.89. The van der Waals surface area contributed by atoms with Crippen molar-refractivity contribution in [2.75, 3.05) is 0 Å². The van der Waals surface area contributed by atoms with Gasteiger partial charge in [0.1, 0.15) is 5.76 Å². The lowest BCUT2D eigenvalue weighted by Crippen LogP contribution is -2.02. The van der Waals surface area contributed by atoms with Crippen LogP contribution in [0.15, 0.2) is 34.0 Å². The van der Waals surface area contributed by atoms with Crippen molar-refractivity contribution in [3.63, 3.8) is 0 Å². The highest BCUT2D eigenvalue weighted by atomic mass is 32.2. The zero-order valence-corrected chi connectivity index (χ0v) is 9.83. The van der Waals surface area contributed by atoms with Crippen LogP contribution in [0.4, 0.5) is 0 Å². The predicted molar refractivity (Wildman–Crippen MR) is 62.9 cm³/mol. The van der Waals surface area contributed by atoms with E-state index >= 15 is 0 Å². The quantitative estimate of drug-likeness (QED) is 0.649. The Balaban J connectivity index is 2.06. The first-order valence-electron chi connectivity index (χ1n) is 4.98. The number of hydrogen-bond donors (Lipinski definition) is 1. The Bertz CT molecular complexity index is 456. The van der Waals surface area contributed by atoms with Crippen molar-refractivity contribution in [1.82, 2.24) is 9.97 Å². The van der Waals surface area contributed by atoms with Crippen LogP contribution in [0.1, 0.15) is 17.1 Å². The van der Waals surface area contributed by atoms with Gasteiger partial charge < -0.3 is 10.2 Å². The summed E-state index contributed by atoms with van der Waals surface area (Å²) in [6, 6.07) is 5.71. The molecule has 0 aromatic carbocycles. The van der Waals surface area contributed by atoms with Gasteiger partial charge in [-0.15, -0.1) is 0 Å². The molecule has 0 amide bonds. The van der Waals surface area contributed by atoms with Crippen LogP contribution < -0.4 is 5.73 Å². The molecule has 2 rings (SSSR count). The number of nitrogens with two attached hydrogens (primary N) is 1. The maximum atomic E-state index is 5.56. The zero-order chi connectivity index (χ0) is 11.4. The Morgan fingerprint density at radius 3 is 3.00 bits per heavy atom. The third kappa shape index (κ3) is 2.84. The molecule has 5 heteroatoms. The fourth-order valence-corrected chi connectivity index (χ4v) is 2.13. The molecule has 0 spiro atoms. The second kappa shape index (κ2) is 5.14. The summed E-state index contributed by atoms with van der Waals surface area (Å²) in [4.78, 5) is 8.67. The van der Waals surface area contributed by atoms with Gasteiger partial charge in [-0.2, -0.15) is 0 Å². The molecule has 2 heterocycles. The van der Waals surface area contributed by atoms with E-state index in [0.29, 0.717) is 6.54 Å². The molecule has 0 saturated heterocycles. The van der Waals surface area contributed by atoms with E-state index in [1.807, 2.05) is 25.1 Å². The maximum absolute atomic E-state index is 5.56. The van der Waals surface area contributed by atoms with E-state index in [0.717, 1.165) is 28.1 Å². The minimum Gasteiger partial charge on any atom is -0.468 e. The Morgan fingerprint density at radius 2 is 2.31 bits per heavy atom. The summed E-state index contributed by atoms with van der Waals surface area (Å²) in [5.41, 5.74) is 7.37. The van der Waals surface area contributed by atoms with Crippen molar-refractivity contribution in [1.29, 1.82) is 0 Å². The van der Waals surface area contributed by atoms with Crippen LogP contribution in [-0.4, -0.2) is 9.97 Å². The standard InChI is InChI=1S/C11H13N3OS/c1-8-5-9(6-12)14-11(13-8)16-7-10-3-2-4-15-10/h2-5H,6-7,12H2,1H3. The van der Waals surface area contributed by atoms with Crippen LogP contribution >= 0.6 is 11.8 Å². The lowest BCUT2D eigenvalue weighted by atomic mass is 10.3. The van der Waals surface area contributed by atoms with Crippen LogP contribution in [-0.2, 0) is 12.3 Å². The number of hydrogen-bond acceptors (Lipinski definition) is 5. The SMILES string of the molecule is Cc1cc(CN)nc(SCc2ccco2)n1. The molecule has 0 unspecified atom stereocenters. The summed E-state index contributed by atoms with van der Waals surface area (Å²) in [6.45, 7) is 2.38. The molecule has 0 saturated carbocycles. The minimum absolute atomic E-state index is 0.442. The van der Waals surface area contributed by atoms with E-state index in [-0.39, 0.29) is 0 Å². The Labute approximate surface area is 98.3 Å². The highest BCUT2D eigenvalue weighted by Crippen LogP contribution is 2.19. The van der Waals surface area contributed by atoms with Crippen molar-refractivity contribution >= 4 is 11.8 Å². The van der Waals surface area contributed by atoms with E-state index in [4.69, 9.17) is 10.2 Å². The molecule has 2 aromatic heterocycles. The number of aromatic nitrogens is 2. The monoisotopic (exact) mass is 235 g/mol. The number of furan rings is 1. The Hall–Kier alpha value is -1.33. The second-order valence-electron chi connectivity index (χ2n) is 3.36. The number of aryl methyl sites for hydroxylation is 1. The average Bonchev–Trinajstić information content (AvgIpc) is 2.78. The topological polar surface area (TPSA) is 64.9 Å². The van der Waals surface area contributed by atoms with E-state index in [1.165, 1.54) is 0 Å². The van der Waals surface area contributed by atoms with Gasteiger partial charge in [-0.3, -0.25) is 0 Å². The van der Waals surface area contributed by atoms with Crippen LogP contribution in [0.2, 0.25) is 0 Å². The number of thioether (sulfide) groups is 1. The number of nitrogens with zero attached hydrogens (tertiary/aromatic N) is 2. The van der Waals surface area contributed by atoms with Gasteiger partial charge in [0.15, 0.2) is 5.16 Å². The van der Waals surface area contributed by atoms with Gasteiger partial charge in [-0.05, 0) is 25.1 Å². The molecule has 0 radical (unpaired) electrons.